The van der Waals surface area contributed by atoms with Crippen LogP contribution in [-0.4, -0.2) is 5.91 Å². The van der Waals surface area contributed by atoms with Crippen LogP contribution in [0.3, 0.4) is 0 Å². The molecule has 3 heteroatoms. The van der Waals surface area contributed by atoms with Gasteiger partial charge in [-0.3, -0.25) is 4.79 Å². The topological polar surface area (TPSA) is 29.1 Å². The summed E-state index contributed by atoms with van der Waals surface area (Å²) in [5.74, 6) is -0.0881. The Hall–Kier alpha value is -1.54. The van der Waals surface area contributed by atoms with Gasteiger partial charge in [-0.2, -0.15) is 0 Å². The van der Waals surface area contributed by atoms with Crippen LogP contribution in [0.4, 0.5) is 0 Å². The summed E-state index contributed by atoms with van der Waals surface area (Å²) in [6.07, 6.45) is 7.79. The first-order valence-electron chi connectivity index (χ1n) is 6.02. The molecule has 0 aliphatic carbocycles. The summed E-state index contributed by atoms with van der Waals surface area (Å²) in [6, 6.07) is 7.56. The molecule has 0 aromatic heterocycles. The summed E-state index contributed by atoms with van der Waals surface area (Å²) in [4.78, 5) is 11.7. The highest BCUT2D eigenvalue weighted by molar-refractivity contribution is 6.30. The highest BCUT2D eigenvalue weighted by atomic mass is 35.5. The molecule has 1 aromatic carbocycles. The summed E-state index contributed by atoms with van der Waals surface area (Å²) in [5, 5.41) is 3.66. The van der Waals surface area contributed by atoms with E-state index in [0.717, 1.165) is 12.0 Å². The van der Waals surface area contributed by atoms with Gasteiger partial charge in [0.25, 0.3) is 0 Å². The van der Waals surface area contributed by atoms with Crippen LogP contribution in [-0.2, 0) is 4.79 Å². The summed E-state index contributed by atoms with van der Waals surface area (Å²) in [7, 11) is 0. The monoisotopic (exact) mass is 263 g/mol. The zero-order valence-electron chi connectivity index (χ0n) is 10.7. The highest BCUT2D eigenvalue weighted by Crippen LogP contribution is 2.18. The van der Waals surface area contributed by atoms with Gasteiger partial charge in [-0.05, 0) is 31.0 Å². The lowest BCUT2D eigenvalue weighted by atomic mass is 10.0. The van der Waals surface area contributed by atoms with Crippen LogP contribution < -0.4 is 5.32 Å². The number of nitrogens with one attached hydrogen (secondary N) is 1. The Kier molecular flexibility index (Phi) is 6.23. The van der Waals surface area contributed by atoms with Gasteiger partial charge in [-0.1, -0.05) is 48.9 Å². The molecule has 1 atom stereocenters. The third-order valence-corrected chi connectivity index (χ3v) is 2.80. The Labute approximate surface area is 113 Å². The minimum Gasteiger partial charge on any atom is -0.346 e. The van der Waals surface area contributed by atoms with Crippen molar-refractivity contribution < 1.29 is 4.79 Å². The van der Waals surface area contributed by atoms with Gasteiger partial charge in [0.2, 0.25) is 5.91 Å². The second kappa shape index (κ2) is 7.72. The van der Waals surface area contributed by atoms with Crippen molar-refractivity contribution in [3.63, 3.8) is 0 Å². The van der Waals surface area contributed by atoms with E-state index in [1.807, 2.05) is 50.3 Å². The summed E-state index contributed by atoms with van der Waals surface area (Å²) < 4.78 is 0. The zero-order valence-corrected chi connectivity index (χ0v) is 11.4. The maximum absolute atomic E-state index is 11.7. The van der Waals surface area contributed by atoms with E-state index in [-0.39, 0.29) is 11.9 Å². The standard InChI is InChI=1S/C15H18ClNO/c1-3-5-6-7-15(18)17-14(4-2)12-8-10-13(16)11-9-12/h3,5-11,14H,4H2,1-2H3,(H,17,18)/b5-3+,7-6+. The predicted octanol–water partition coefficient (Wildman–Crippen LogP) is 4.04. The van der Waals surface area contributed by atoms with E-state index in [9.17, 15) is 4.79 Å². The maximum Gasteiger partial charge on any atom is 0.244 e. The van der Waals surface area contributed by atoms with Crippen molar-refractivity contribution in [1.29, 1.82) is 0 Å². The van der Waals surface area contributed by atoms with E-state index >= 15 is 0 Å². The van der Waals surface area contributed by atoms with Crippen molar-refractivity contribution in [2.75, 3.05) is 0 Å². The van der Waals surface area contributed by atoms with Crippen LogP contribution in [0.25, 0.3) is 0 Å². The Morgan fingerprint density at radius 3 is 2.56 bits per heavy atom. The minimum atomic E-state index is -0.0881. The predicted molar refractivity (Wildman–Crippen MR) is 76.6 cm³/mol. The molecule has 0 spiro atoms. The van der Waals surface area contributed by atoms with Gasteiger partial charge in [-0.25, -0.2) is 0 Å². The highest BCUT2D eigenvalue weighted by Gasteiger charge is 2.10. The number of carbonyl (C=O) groups is 1. The van der Waals surface area contributed by atoms with E-state index < -0.39 is 0 Å². The molecule has 1 rings (SSSR count). The molecule has 0 aliphatic heterocycles. The molecule has 1 aromatic rings. The molecule has 2 nitrogen and oxygen atoms in total. The van der Waals surface area contributed by atoms with Gasteiger partial charge in [0.05, 0.1) is 6.04 Å². The number of hydrogen-bond acceptors (Lipinski definition) is 1. The molecule has 0 bridgehead atoms. The first kappa shape index (κ1) is 14.5. The average Bonchev–Trinajstić information content (AvgIpc) is 2.37. The summed E-state index contributed by atoms with van der Waals surface area (Å²) in [5.41, 5.74) is 1.06. The zero-order chi connectivity index (χ0) is 13.4. The lowest BCUT2D eigenvalue weighted by Crippen LogP contribution is -2.26. The van der Waals surface area contributed by atoms with E-state index in [4.69, 9.17) is 11.6 Å². The van der Waals surface area contributed by atoms with Crippen molar-refractivity contribution in [2.45, 2.75) is 26.3 Å². The molecular weight excluding hydrogens is 246 g/mol. The fourth-order valence-corrected chi connectivity index (χ4v) is 1.72. The van der Waals surface area contributed by atoms with E-state index in [1.54, 1.807) is 6.08 Å². The number of amides is 1. The molecule has 0 radical (unpaired) electrons. The van der Waals surface area contributed by atoms with Crippen LogP contribution in [0.1, 0.15) is 31.9 Å². The summed E-state index contributed by atoms with van der Waals surface area (Å²) >= 11 is 5.84. The lowest BCUT2D eigenvalue weighted by molar-refractivity contribution is -0.117. The van der Waals surface area contributed by atoms with Gasteiger partial charge in [0.1, 0.15) is 0 Å². The Morgan fingerprint density at radius 1 is 1.33 bits per heavy atom. The van der Waals surface area contributed by atoms with Gasteiger partial charge >= 0.3 is 0 Å². The van der Waals surface area contributed by atoms with Gasteiger partial charge < -0.3 is 5.32 Å². The van der Waals surface area contributed by atoms with Crippen LogP contribution in [0.15, 0.2) is 48.6 Å². The van der Waals surface area contributed by atoms with Gasteiger partial charge in [-0.15, -0.1) is 0 Å². The van der Waals surface area contributed by atoms with Crippen LogP contribution in [0.2, 0.25) is 5.02 Å². The molecule has 0 saturated heterocycles. The fourth-order valence-electron chi connectivity index (χ4n) is 1.59. The van der Waals surface area contributed by atoms with Gasteiger partial charge in [0.15, 0.2) is 0 Å². The molecule has 1 unspecified atom stereocenters. The molecule has 0 fully saturated rings. The Morgan fingerprint density at radius 2 is 2.00 bits per heavy atom. The SMILES string of the molecule is C/C=C/C=C/C(=O)NC(CC)c1ccc(Cl)cc1. The average molecular weight is 264 g/mol. The van der Waals surface area contributed by atoms with E-state index in [2.05, 4.69) is 5.32 Å². The molecule has 96 valence electrons. The molecule has 18 heavy (non-hydrogen) atoms. The second-order valence-electron chi connectivity index (χ2n) is 3.91. The number of rotatable bonds is 5. The minimum absolute atomic E-state index is 0.0185. The summed E-state index contributed by atoms with van der Waals surface area (Å²) in [6.45, 7) is 3.94. The van der Waals surface area contributed by atoms with E-state index in [1.165, 1.54) is 6.08 Å². The molecule has 1 N–H and O–H groups in total. The maximum atomic E-state index is 11.7. The quantitative estimate of drug-likeness (QED) is 0.630. The first-order chi connectivity index (χ1) is 8.67. The molecule has 0 saturated carbocycles. The van der Waals surface area contributed by atoms with Crippen LogP contribution in [0, 0.1) is 0 Å². The lowest BCUT2D eigenvalue weighted by Gasteiger charge is -2.16. The largest absolute Gasteiger partial charge is 0.346 e. The van der Waals surface area contributed by atoms with Crippen molar-refractivity contribution in [2.24, 2.45) is 0 Å². The third kappa shape index (κ3) is 4.76. The normalized spacial score (nSPS) is 13.1. The third-order valence-electron chi connectivity index (χ3n) is 2.55. The Bertz CT molecular complexity index is 434. The molecule has 0 aliphatic rings. The van der Waals surface area contributed by atoms with Crippen LogP contribution in [0.5, 0.6) is 0 Å². The smallest absolute Gasteiger partial charge is 0.244 e. The molecular formula is C15H18ClNO. The van der Waals surface area contributed by atoms with Crippen molar-refractivity contribution in [1.82, 2.24) is 5.32 Å². The van der Waals surface area contributed by atoms with Crippen molar-refractivity contribution in [3.05, 3.63) is 59.2 Å². The van der Waals surface area contributed by atoms with Gasteiger partial charge in [0, 0.05) is 11.1 Å². The first-order valence-corrected chi connectivity index (χ1v) is 6.40. The molecule has 0 heterocycles. The van der Waals surface area contributed by atoms with Crippen molar-refractivity contribution in [3.8, 4) is 0 Å². The second-order valence-corrected chi connectivity index (χ2v) is 4.34. The van der Waals surface area contributed by atoms with Crippen molar-refractivity contribution >= 4 is 17.5 Å². The number of carbonyl (C=O) groups excluding carboxylic acids is 1. The number of benzene rings is 1. The molecule has 1 amide bonds. The Balaban J connectivity index is 2.67. The number of hydrogen-bond donors (Lipinski definition) is 1. The van der Waals surface area contributed by atoms with Crippen LogP contribution >= 0.6 is 11.6 Å². The number of allylic oxidation sites excluding steroid dienone is 3. The fraction of sp³-hybridized carbons (Fsp3) is 0.267. The van der Waals surface area contributed by atoms with E-state index in [0.29, 0.717) is 5.02 Å². The number of halogens is 1.